The first kappa shape index (κ1) is 24.1. The van der Waals surface area contributed by atoms with E-state index < -0.39 is 25.9 Å². The van der Waals surface area contributed by atoms with Gasteiger partial charge in [-0.2, -0.15) is 4.39 Å². The summed E-state index contributed by atoms with van der Waals surface area (Å²) in [6.45, 7) is 1.24. The van der Waals surface area contributed by atoms with Crippen molar-refractivity contribution < 1.29 is 22.3 Å². The van der Waals surface area contributed by atoms with Crippen molar-refractivity contribution in [3.05, 3.63) is 34.3 Å². The summed E-state index contributed by atoms with van der Waals surface area (Å²) >= 11 is 6.64. The third-order valence-corrected chi connectivity index (χ3v) is 7.50. The van der Waals surface area contributed by atoms with Crippen molar-refractivity contribution in [3.63, 3.8) is 0 Å². The van der Waals surface area contributed by atoms with Gasteiger partial charge in [0.15, 0.2) is 10.3 Å². The van der Waals surface area contributed by atoms with Gasteiger partial charge in [-0.05, 0) is 31.4 Å². The van der Waals surface area contributed by atoms with E-state index in [9.17, 15) is 22.3 Å². The Hall–Kier alpha value is -1.53. The van der Waals surface area contributed by atoms with E-state index >= 15 is 0 Å². The Balaban J connectivity index is 1.45. The van der Waals surface area contributed by atoms with E-state index in [1.807, 2.05) is 4.72 Å². The lowest BCUT2D eigenvalue weighted by atomic mass is 10.1. The lowest BCUT2D eigenvalue weighted by Gasteiger charge is -2.12. The highest BCUT2D eigenvalue weighted by Gasteiger charge is 2.23. The Morgan fingerprint density at radius 3 is 2.71 bits per heavy atom. The van der Waals surface area contributed by atoms with Crippen molar-refractivity contribution in [2.45, 2.75) is 55.6 Å². The Kier molecular flexibility index (Phi) is 8.45. The summed E-state index contributed by atoms with van der Waals surface area (Å²) in [7, 11) is -4.29. The zero-order chi connectivity index (χ0) is 22.4. The maximum Gasteiger partial charge on any atom is 0.266 e. The molecule has 2 atom stereocenters. The molecular formula is C19H25ClF2N4O3S2. The van der Waals surface area contributed by atoms with Gasteiger partial charge in [-0.15, -0.1) is 0 Å². The average Bonchev–Trinajstić information content (AvgIpc) is 3.30. The van der Waals surface area contributed by atoms with Gasteiger partial charge >= 0.3 is 0 Å². The molecule has 3 rings (SSSR count). The lowest BCUT2D eigenvalue weighted by molar-refractivity contribution is 0.192. The first-order valence-electron chi connectivity index (χ1n) is 10.0. The number of benzene rings is 1. The van der Waals surface area contributed by atoms with E-state index in [1.165, 1.54) is 0 Å². The molecule has 12 heteroatoms. The molecule has 4 N–H and O–H groups in total. The first-order valence-corrected chi connectivity index (χ1v) is 12.7. The van der Waals surface area contributed by atoms with Gasteiger partial charge in [0.05, 0.1) is 23.0 Å². The quantitative estimate of drug-likeness (QED) is 0.352. The number of aromatic nitrogens is 1. The highest BCUT2D eigenvalue weighted by molar-refractivity contribution is 7.93. The number of aliphatic hydroxyl groups is 1. The van der Waals surface area contributed by atoms with E-state index in [0.717, 1.165) is 56.9 Å². The summed E-state index contributed by atoms with van der Waals surface area (Å²) in [5.41, 5.74) is 0.308. The van der Waals surface area contributed by atoms with Crippen LogP contribution < -0.4 is 15.4 Å². The molecule has 0 saturated carbocycles. The minimum Gasteiger partial charge on any atom is -0.392 e. The monoisotopic (exact) mass is 494 g/mol. The van der Waals surface area contributed by atoms with Gasteiger partial charge < -0.3 is 15.7 Å². The average molecular weight is 495 g/mol. The van der Waals surface area contributed by atoms with Crippen LogP contribution in [0.1, 0.15) is 38.5 Å². The number of hydrogen-bond donors (Lipinski definition) is 4. The van der Waals surface area contributed by atoms with Crippen molar-refractivity contribution >= 4 is 43.8 Å². The SMILES string of the molecule is O=S(=O)(Nc1ncc(F)s1)c1cc(Cl)c(NCCCCCC[C@H]2C[C@@H](O)CN2)cc1F. The van der Waals surface area contributed by atoms with Crippen molar-refractivity contribution in [3.8, 4) is 0 Å². The van der Waals surface area contributed by atoms with Gasteiger partial charge in [-0.1, -0.05) is 42.2 Å². The van der Waals surface area contributed by atoms with Crippen molar-refractivity contribution in [2.24, 2.45) is 0 Å². The van der Waals surface area contributed by atoms with Crippen LogP contribution in [0.4, 0.5) is 19.6 Å². The molecule has 0 unspecified atom stereocenters. The van der Waals surface area contributed by atoms with Crippen LogP contribution in [-0.4, -0.2) is 43.7 Å². The summed E-state index contributed by atoms with van der Waals surface area (Å²) in [6, 6.07) is 2.46. The number of unbranched alkanes of at least 4 members (excludes halogenated alkanes) is 3. The standard InChI is InChI=1S/C19H25ClF2N4O3S2/c20-14-8-17(31(28,29)26-19-25-11-18(22)30-19)15(21)9-16(14)23-6-4-2-1-3-5-12-7-13(27)10-24-12/h8-9,11-13,23-24,27H,1-7,10H2,(H,25,26)/t12-,13+/m0/s1. The minimum atomic E-state index is -4.29. The van der Waals surface area contributed by atoms with E-state index in [0.29, 0.717) is 36.2 Å². The van der Waals surface area contributed by atoms with Crippen LogP contribution in [0.5, 0.6) is 0 Å². The van der Waals surface area contributed by atoms with Gasteiger partial charge in [0, 0.05) is 19.1 Å². The van der Waals surface area contributed by atoms with Gasteiger partial charge in [-0.25, -0.2) is 17.8 Å². The largest absolute Gasteiger partial charge is 0.392 e. The number of sulfonamides is 1. The summed E-state index contributed by atoms with van der Waals surface area (Å²) < 4.78 is 54.2. The fraction of sp³-hybridized carbons (Fsp3) is 0.526. The number of aliphatic hydroxyl groups excluding tert-OH is 1. The second-order valence-corrected chi connectivity index (χ2v) is 10.5. The Morgan fingerprint density at radius 2 is 2.03 bits per heavy atom. The second-order valence-electron chi connectivity index (χ2n) is 7.46. The summed E-state index contributed by atoms with van der Waals surface area (Å²) in [4.78, 5) is 2.93. The number of rotatable bonds is 11. The predicted octanol–water partition coefficient (Wildman–Crippen LogP) is 3.96. The van der Waals surface area contributed by atoms with Crippen LogP contribution in [0.15, 0.2) is 23.2 Å². The van der Waals surface area contributed by atoms with E-state index in [-0.39, 0.29) is 16.3 Å². The lowest BCUT2D eigenvalue weighted by Crippen LogP contribution is -2.21. The summed E-state index contributed by atoms with van der Waals surface area (Å²) in [6.07, 6.45) is 6.47. The van der Waals surface area contributed by atoms with Crippen molar-refractivity contribution in [1.29, 1.82) is 0 Å². The Labute approximate surface area is 189 Å². The number of halogens is 3. The molecule has 2 heterocycles. The summed E-state index contributed by atoms with van der Waals surface area (Å²) in [5.74, 6) is -0.970. The van der Waals surface area contributed by atoms with Crippen LogP contribution in [0.2, 0.25) is 5.02 Å². The molecule has 1 aliphatic heterocycles. The molecule has 31 heavy (non-hydrogen) atoms. The molecule has 1 saturated heterocycles. The predicted molar refractivity (Wildman–Crippen MR) is 118 cm³/mol. The molecule has 0 aliphatic carbocycles. The number of thiazole rings is 1. The highest BCUT2D eigenvalue weighted by Crippen LogP contribution is 2.30. The second kappa shape index (κ2) is 10.9. The number of β-amino-alcohol motifs (C(OH)–C–C–N with tert-alkyl or cyclic N) is 1. The number of nitrogens with zero attached hydrogens (tertiary/aromatic N) is 1. The van der Waals surface area contributed by atoms with E-state index in [4.69, 9.17) is 11.6 Å². The summed E-state index contributed by atoms with van der Waals surface area (Å²) in [5, 5.41) is 15.0. The zero-order valence-electron chi connectivity index (χ0n) is 16.7. The van der Waals surface area contributed by atoms with Crippen LogP contribution in [-0.2, 0) is 10.0 Å². The van der Waals surface area contributed by atoms with Gasteiger partial charge in [0.1, 0.15) is 10.7 Å². The fourth-order valence-electron chi connectivity index (χ4n) is 3.45. The zero-order valence-corrected chi connectivity index (χ0v) is 19.1. The van der Waals surface area contributed by atoms with Crippen LogP contribution >= 0.6 is 22.9 Å². The van der Waals surface area contributed by atoms with Crippen molar-refractivity contribution in [2.75, 3.05) is 23.1 Å². The molecular weight excluding hydrogens is 470 g/mol. The highest BCUT2D eigenvalue weighted by atomic mass is 35.5. The molecule has 7 nitrogen and oxygen atoms in total. The number of nitrogens with one attached hydrogen (secondary N) is 3. The molecule has 1 aromatic carbocycles. The van der Waals surface area contributed by atoms with Crippen LogP contribution in [0.3, 0.4) is 0 Å². The third-order valence-electron chi connectivity index (χ3n) is 5.00. The molecule has 1 fully saturated rings. The Bertz CT molecular complexity index is 991. The van der Waals surface area contributed by atoms with Gasteiger partial charge in [0.25, 0.3) is 10.0 Å². The normalized spacial score (nSPS) is 19.0. The number of hydrogen-bond acceptors (Lipinski definition) is 7. The van der Waals surface area contributed by atoms with Crippen molar-refractivity contribution in [1.82, 2.24) is 10.3 Å². The molecule has 0 spiro atoms. The van der Waals surface area contributed by atoms with Gasteiger partial charge in [0.2, 0.25) is 0 Å². The van der Waals surface area contributed by atoms with Crippen LogP contribution in [0.25, 0.3) is 0 Å². The van der Waals surface area contributed by atoms with E-state index in [1.54, 1.807) is 0 Å². The molecule has 172 valence electrons. The molecule has 1 aromatic heterocycles. The van der Waals surface area contributed by atoms with Gasteiger partial charge in [-0.3, -0.25) is 4.72 Å². The fourth-order valence-corrected chi connectivity index (χ4v) is 5.62. The molecule has 0 amide bonds. The first-order chi connectivity index (χ1) is 14.7. The van der Waals surface area contributed by atoms with Crippen LogP contribution in [0, 0.1) is 10.9 Å². The smallest absolute Gasteiger partial charge is 0.266 e. The topological polar surface area (TPSA) is 103 Å². The molecule has 1 aliphatic rings. The number of anilines is 2. The Morgan fingerprint density at radius 1 is 1.26 bits per heavy atom. The minimum absolute atomic E-state index is 0.0676. The molecule has 2 aromatic rings. The maximum atomic E-state index is 14.5. The molecule has 0 radical (unpaired) electrons. The maximum absolute atomic E-state index is 14.5. The van der Waals surface area contributed by atoms with E-state index in [2.05, 4.69) is 15.6 Å². The molecule has 0 bridgehead atoms. The third kappa shape index (κ3) is 6.98.